The minimum absolute atomic E-state index is 0.116. The van der Waals surface area contributed by atoms with Crippen LogP contribution < -0.4 is 10.6 Å². The molecule has 2 amide bonds. The smallest absolute Gasteiger partial charge is 0.340 e. The van der Waals surface area contributed by atoms with E-state index in [1.807, 2.05) is 10.8 Å². The number of thiophene rings is 1. The van der Waals surface area contributed by atoms with E-state index < -0.39 is 5.97 Å². The highest BCUT2D eigenvalue weighted by atomic mass is 32.1. The van der Waals surface area contributed by atoms with Crippen LogP contribution in [0.25, 0.3) is 0 Å². The van der Waals surface area contributed by atoms with Crippen molar-refractivity contribution < 1.29 is 14.3 Å². The van der Waals surface area contributed by atoms with E-state index in [9.17, 15) is 9.59 Å². The van der Waals surface area contributed by atoms with Crippen molar-refractivity contribution >= 4 is 28.3 Å². The summed E-state index contributed by atoms with van der Waals surface area (Å²) in [6.45, 7) is 7.47. The van der Waals surface area contributed by atoms with Gasteiger partial charge in [-0.2, -0.15) is 0 Å². The fourth-order valence-electron chi connectivity index (χ4n) is 2.14. The van der Waals surface area contributed by atoms with Gasteiger partial charge in [0.2, 0.25) is 0 Å². The van der Waals surface area contributed by atoms with Crippen molar-refractivity contribution in [3.63, 3.8) is 0 Å². The van der Waals surface area contributed by atoms with Crippen LogP contribution in [0.3, 0.4) is 0 Å². The first-order valence-corrected chi connectivity index (χ1v) is 8.86. The van der Waals surface area contributed by atoms with E-state index in [0.717, 1.165) is 17.8 Å². The van der Waals surface area contributed by atoms with Gasteiger partial charge in [-0.1, -0.05) is 20.8 Å². The largest absolute Gasteiger partial charge is 0.465 e. The number of aromatic nitrogens is 2. The van der Waals surface area contributed by atoms with Crippen molar-refractivity contribution in [3.05, 3.63) is 35.2 Å². The molecule has 0 aliphatic heterocycles. The number of esters is 1. The van der Waals surface area contributed by atoms with E-state index in [0.29, 0.717) is 17.1 Å². The SMILES string of the molecule is COC(=O)c1cc(C(C)(C)C)sc1NC(=O)NCCCn1ccnc1. The van der Waals surface area contributed by atoms with E-state index >= 15 is 0 Å². The van der Waals surface area contributed by atoms with Crippen molar-refractivity contribution in [2.45, 2.75) is 39.2 Å². The van der Waals surface area contributed by atoms with Gasteiger partial charge < -0.3 is 14.6 Å². The molecule has 0 unspecified atom stereocenters. The molecule has 0 aromatic carbocycles. The van der Waals surface area contributed by atoms with Gasteiger partial charge in [0.15, 0.2) is 0 Å². The number of aryl methyl sites for hydroxylation is 1. The van der Waals surface area contributed by atoms with E-state index in [4.69, 9.17) is 4.74 Å². The number of imidazole rings is 1. The Morgan fingerprint density at radius 3 is 2.72 bits per heavy atom. The zero-order valence-electron chi connectivity index (χ0n) is 15.0. The van der Waals surface area contributed by atoms with Crippen LogP contribution in [-0.4, -0.2) is 35.2 Å². The molecule has 0 fully saturated rings. The third-order valence-electron chi connectivity index (χ3n) is 3.54. The standard InChI is InChI=1S/C17H24N4O3S/c1-17(2,3)13-10-12(15(22)24-4)14(25-13)20-16(23)19-6-5-8-21-9-7-18-11-21/h7,9-11H,5-6,8H2,1-4H3,(H2,19,20,23). The van der Waals surface area contributed by atoms with Crippen LogP contribution >= 0.6 is 11.3 Å². The Bertz CT molecular complexity index is 717. The molecular weight excluding hydrogens is 340 g/mol. The topological polar surface area (TPSA) is 85.2 Å². The molecule has 136 valence electrons. The second-order valence-electron chi connectivity index (χ2n) is 6.63. The molecule has 0 atom stereocenters. The number of carbonyl (C=O) groups excluding carboxylic acids is 2. The molecule has 0 bridgehead atoms. The monoisotopic (exact) mass is 364 g/mol. The van der Waals surface area contributed by atoms with E-state index in [1.165, 1.54) is 18.4 Å². The zero-order chi connectivity index (χ0) is 18.4. The fourth-order valence-corrected chi connectivity index (χ4v) is 3.24. The molecule has 0 saturated carbocycles. The zero-order valence-corrected chi connectivity index (χ0v) is 15.8. The summed E-state index contributed by atoms with van der Waals surface area (Å²) in [4.78, 5) is 29.0. The average Bonchev–Trinajstić information content (AvgIpc) is 3.20. The second-order valence-corrected chi connectivity index (χ2v) is 7.68. The van der Waals surface area contributed by atoms with Crippen molar-refractivity contribution in [1.82, 2.24) is 14.9 Å². The van der Waals surface area contributed by atoms with Crippen molar-refractivity contribution in [1.29, 1.82) is 0 Å². The van der Waals surface area contributed by atoms with Gasteiger partial charge in [0.05, 0.1) is 19.0 Å². The van der Waals surface area contributed by atoms with Gasteiger partial charge in [-0.3, -0.25) is 5.32 Å². The van der Waals surface area contributed by atoms with Gasteiger partial charge >= 0.3 is 12.0 Å². The van der Waals surface area contributed by atoms with Crippen LogP contribution in [0.2, 0.25) is 0 Å². The molecule has 0 aliphatic carbocycles. The van der Waals surface area contributed by atoms with Crippen molar-refractivity contribution in [2.75, 3.05) is 19.0 Å². The molecule has 2 N–H and O–H groups in total. The molecule has 25 heavy (non-hydrogen) atoms. The molecule has 7 nitrogen and oxygen atoms in total. The van der Waals surface area contributed by atoms with E-state index in [-0.39, 0.29) is 11.4 Å². The minimum atomic E-state index is -0.456. The third-order valence-corrected chi connectivity index (χ3v) is 5.02. The summed E-state index contributed by atoms with van der Waals surface area (Å²) in [5, 5.41) is 6.06. The van der Waals surface area contributed by atoms with Gasteiger partial charge in [0, 0.05) is 30.4 Å². The number of carbonyl (C=O) groups is 2. The van der Waals surface area contributed by atoms with Gasteiger partial charge in [-0.15, -0.1) is 11.3 Å². The highest BCUT2D eigenvalue weighted by Crippen LogP contribution is 2.36. The first-order valence-electron chi connectivity index (χ1n) is 8.04. The lowest BCUT2D eigenvalue weighted by Crippen LogP contribution is -2.30. The van der Waals surface area contributed by atoms with Crippen molar-refractivity contribution in [3.8, 4) is 0 Å². The Kier molecular flexibility index (Phi) is 6.19. The Morgan fingerprint density at radius 1 is 1.36 bits per heavy atom. The van der Waals surface area contributed by atoms with Gasteiger partial charge in [-0.25, -0.2) is 14.6 Å². The number of urea groups is 1. The Hall–Kier alpha value is -2.35. The Labute approximate surface area is 151 Å². The maximum atomic E-state index is 12.1. The minimum Gasteiger partial charge on any atom is -0.465 e. The van der Waals surface area contributed by atoms with Gasteiger partial charge in [0.25, 0.3) is 0 Å². The van der Waals surface area contributed by atoms with Crippen LogP contribution in [0.15, 0.2) is 24.8 Å². The number of nitrogens with zero attached hydrogens (tertiary/aromatic N) is 2. The quantitative estimate of drug-likeness (QED) is 0.609. The summed E-state index contributed by atoms with van der Waals surface area (Å²) in [6, 6.07) is 1.45. The van der Waals surface area contributed by atoms with Crippen LogP contribution in [0.5, 0.6) is 0 Å². The Balaban J connectivity index is 1.94. The molecule has 0 radical (unpaired) electrons. The van der Waals surface area contributed by atoms with Crippen LogP contribution in [0, 0.1) is 0 Å². The molecule has 2 aromatic rings. The number of nitrogens with one attached hydrogen (secondary N) is 2. The lowest BCUT2D eigenvalue weighted by Gasteiger charge is -2.15. The number of hydrogen-bond acceptors (Lipinski definition) is 5. The molecular formula is C17H24N4O3S. The number of methoxy groups -OCH3 is 1. The maximum absolute atomic E-state index is 12.1. The number of anilines is 1. The predicted octanol–water partition coefficient (Wildman–Crippen LogP) is 3.24. The predicted molar refractivity (Wildman–Crippen MR) is 98.2 cm³/mol. The summed E-state index contributed by atoms with van der Waals surface area (Å²) in [7, 11) is 1.33. The van der Waals surface area contributed by atoms with Crippen LogP contribution in [0.4, 0.5) is 9.80 Å². The number of ether oxygens (including phenoxy) is 1. The highest BCUT2D eigenvalue weighted by molar-refractivity contribution is 7.16. The first-order chi connectivity index (χ1) is 11.8. The van der Waals surface area contributed by atoms with Crippen LogP contribution in [-0.2, 0) is 16.7 Å². The number of hydrogen-bond donors (Lipinski definition) is 2. The first kappa shape index (κ1) is 19.0. The lowest BCUT2D eigenvalue weighted by molar-refractivity contribution is 0.0602. The van der Waals surface area contributed by atoms with E-state index in [1.54, 1.807) is 18.6 Å². The lowest BCUT2D eigenvalue weighted by atomic mass is 9.94. The molecule has 0 aliphatic rings. The summed E-state index contributed by atoms with van der Waals surface area (Å²) in [6.07, 6.45) is 6.12. The normalized spacial score (nSPS) is 11.2. The van der Waals surface area contributed by atoms with Gasteiger partial charge in [-0.05, 0) is 17.9 Å². The summed E-state index contributed by atoms with van der Waals surface area (Å²) in [5.41, 5.74) is 0.264. The van der Waals surface area contributed by atoms with E-state index in [2.05, 4.69) is 36.4 Å². The average molecular weight is 364 g/mol. The molecule has 2 aromatic heterocycles. The number of amides is 2. The molecule has 0 saturated heterocycles. The summed E-state index contributed by atoms with van der Waals surface area (Å²) >= 11 is 1.39. The third kappa shape index (κ3) is 5.32. The summed E-state index contributed by atoms with van der Waals surface area (Å²) < 4.78 is 6.76. The highest BCUT2D eigenvalue weighted by Gasteiger charge is 2.24. The second kappa shape index (κ2) is 8.15. The number of rotatable bonds is 6. The molecule has 8 heteroatoms. The molecule has 2 rings (SSSR count). The molecule has 0 spiro atoms. The van der Waals surface area contributed by atoms with Gasteiger partial charge in [0.1, 0.15) is 5.00 Å². The van der Waals surface area contributed by atoms with Crippen molar-refractivity contribution in [2.24, 2.45) is 0 Å². The maximum Gasteiger partial charge on any atom is 0.340 e. The Morgan fingerprint density at radius 2 is 2.12 bits per heavy atom. The summed E-state index contributed by atoms with van der Waals surface area (Å²) in [5.74, 6) is -0.456. The fraction of sp³-hybridized carbons (Fsp3) is 0.471. The molecule has 2 heterocycles. The van der Waals surface area contributed by atoms with Crippen LogP contribution in [0.1, 0.15) is 42.4 Å².